The molecule has 7 heteroatoms. The molecule has 1 aliphatic carbocycles. The number of thiophene rings is 1. The predicted octanol–water partition coefficient (Wildman–Crippen LogP) is 4.41. The van der Waals surface area contributed by atoms with Crippen LogP contribution in [0, 0.1) is 18.3 Å². The number of hydrogen-bond acceptors (Lipinski definition) is 4. The SMILES string of the molecule is Cc1[nH]n(-c2ccc(Br)cc2)c(=O)c1/C=N/c1sc2c(c1C#N)CCC2. The average Bonchev–Trinajstić information content (AvgIpc) is 3.28. The average molecular weight is 427 g/mol. The Morgan fingerprint density at radius 3 is 2.85 bits per heavy atom. The van der Waals surface area contributed by atoms with Gasteiger partial charge in [0.2, 0.25) is 0 Å². The Kier molecular flexibility index (Phi) is 4.39. The van der Waals surface area contributed by atoms with E-state index < -0.39 is 0 Å². The Bertz CT molecular complexity index is 1110. The number of aromatic amines is 1. The summed E-state index contributed by atoms with van der Waals surface area (Å²) in [5, 5.41) is 13.2. The molecule has 0 atom stereocenters. The molecule has 0 unspecified atom stereocenters. The van der Waals surface area contributed by atoms with Gasteiger partial charge in [0.15, 0.2) is 0 Å². The Morgan fingerprint density at radius 1 is 1.35 bits per heavy atom. The summed E-state index contributed by atoms with van der Waals surface area (Å²) < 4.78 is 2.46. The largest absolute Gasteiger partial charge is 0.295 e. The highest BCUT2D eigenvalue weighted by Gasteiger charge is 2.21. The molecular weight excluding hydrogens is 412 g/mol. The number of halogens is 1. The molecule has 2 aromatic heterocycles. The van der Waals surface area contributed by atoms with Crippen LogP contribution in [0.25, 0.3) is 5.69 Å². The van der Waals surface area contributed by atoms with Crippen molar-refractivity contribution in [3.63, 3.8) is 0 Å². The molecule has 130 valence electrons. The zero-order valence-corrected chi connectivity index (χ0v) is 16.4. The number of aryl methyl sites for hydroxylation is 2. The van der Waals surface area contributed by atoms with Crippen molar-refractivity contribution in [1.82, 2.24) is 9.78 Å². The number of aliphatic imine (C=N–C) groups is 1. The van der Waals surface area contributed by atoms with Crippen molar-refractivity contribution in [1.29, 1.82) is 5.26 Å². The van der Waals surface area contributed by atoms with Crippen molar-refractivity contribution in [3.05, 3.63) is 66.4 Å². The molecule has 0 fully saturated rings. The summed E-state index contributed by atoms with van der Waals surface area (Å²) in [6, 6.07) is 9.77. The third kappa shape index (κ3) is 2.85. The first kappa shape index (κ1) is 17.0. The van der Waals surface area contributed by atoms with Gasteiger partial charge in [-0.3, -0.25) is 9.89 Å². The predicted molar refractivity (Wildman–Crippen MR) is 107 cm³/mol. The van der Waals surface area contributed by atoms with Crippen LogP contribution >= 0.6 is 27.3 Å². The number of nitriles is 1. The molecule has 2 heterocycles. The number of hydrogen-bond donors (Lipinski definition) is 1. The van der Waals surface area contributed by atoms with Crippen LogP contribution in [-0.2, 0) is 12.8 Å². The van der Waals surface area contributed by atoms with Gasteiger partial charge in [-0.05, 0) is 56.0 Å². The van der Waals surface area contributed by atoms with Gasteiger partial charge >= 0.3 is 0 Å². The fraction of sp³-hybridized carbons (Fsp3) is 0.211. The molecule has 0 bridgehead atoms. The van der Waals surface area contributed by atoms with E-state index in [1.807, 2.05) is 31.2 Å². The summed E-state index contributed by atoms with van der Waals surface area (Å²) >= 11 is 4.96. The van der Waals surface area contributed by atoms with Crippen molar-refractivity contribution >= 4 is 38.5 Å². The highest BCUT2D eigenvalue weighted by Crippen LogP contribution is 2.40. The van der Waals surface area contributed by atoms with E-state index in [1.54, 1.807) is 17.6 Å². The van der Waals surface area contributed by atoms with Gasteiger partial charge in [-0.25, -0.2) is 9.67 Å². The molecule has 1 aliphatic rings. The van der Waals surface area contributed by atoms with Crippen molar-refractivity contribution in [2.75, 3.05) is 0 Å². The maximum atomic E-state index is 12.8. The molecule has 1 aromatic carbocycles. The van der Waals surface area contributed by atoms with E-state index >= 15 is 0 Å². The summed E-state index contributed by atoms with van der Waals surface area (Å²) in [7, 11) is 0. The van der Waals surface area contributed by atoms with Crippen molar-refractivity contribution < 1.29 is 0 Å². The minimum atomic E-state index is -0.156. The van der Waals surface area contributed by atoms with E-state index in [1.165, 1.54) is 9.56 Å². The van der Waals surface area contributed by atoms with E-state index in [0.717, 1.165) is 40.7 Å². The second kappa shape index (κ2) is 6.71. The monoisotopic (exact) mass is 426 g/mol. The second-order valence-corrected chi connectivity index (χ2v) is 8.17. The van der Waals surface area contributed by atoms with E-state index in [-0.39, 0.29) is 5.56 Å². The number of nitrogens with one attached hydrogen (secondary N) is 1. The first-order valence-corrected chi connectivity index (χ1v) is 9.85. The van der Waals surface area contributed by atoms with E-state index in [0.29, 0.717) is 16.1 Å². The van der Waals surface area contributed by atoms with E-state index in [4.69, 9.17) is 0 Å². The molecule has 4 rings (SSSR count). The summed E-state index contributed by atoms with van der Waals surface area (Å²) in [5.41, 5.74) is 3.66. The number of H-pyrrole nitrogens is 1. The van der Waals surface area contributed by atoms with Crippen LogP contribution in [0.3, 0.4) is 0 Å². The van der Waals surface area contributed by atoms with E-state index in [9.17, 15) is 10.1 Å². The number of benzene rings is 1. The zero-order chi connectivity index (χ0) is 18.3. The topological polar surface area (TPSA) is 73.9 Å². The van der Waals surface area contributed by atoms with Gasteiger partial charge in [0.05, 0.1) is 16.8 Å². The van der Waals surface area contributed by atoms with Crippen LogP contribution in [0.1, 0.15) is 33.7 Å². The Balaban J connectivity index is 1.72. The van der Waals surface area contributed by atoms with Crippen LogP contribution in [0.15, 0.2) is 38.5 Å². The minimum absolute atomic E-state index is 0.156. The first-order valence-electron chi connectivity index (χ1n) is 8.24. The maximum Gasteiger partial charge on any atom is 0.280 e. The molecule has 1 N–H and O–H groups in total. The molecule has 0 amide bonds. The molecule has 0 spiro atoms. The summed E-state index contributed by atoms with van der Waals surface area (Å²) in [6.07, 6.45) is 4.65. The van der Waals surface area contributed by atoms with Crippen molar-refractivity contribution in [3.8, 4) is 11.8 Å². The summed E-state index contributed by atoms with van der Waals surface area (Å²) in [5.74, 6) is 0. The number of rotatable bonds is 3. The third-order valence-electron chi connectivity index (χ3n) is 4.53. The molecular formula is C19H15BrN4OS. The normalized spacial score (nSPS) is 13.3. The van der Waals surface area contributed by atoms with E-state index in [2.05, 4.69) is 32.1 Å². The van der Waals surface area contributed by atoms with Gasteiger partial charge in [-0.15, -0.1) is 11.3 Å². The first-order chi connectivity index (χ1) is 12.6. The summed E-state index contributed by atoms with van der Waals surface area (Å²) in [6.45, 7) is 1.84. The lowest BCUT2D eigenvalue weighted by molar-refractivity contribution is 0.835. The Morgan fingerprint density at radius 2 is 2.12 bits per heavy atom. The van der Waals surface area contributed by atoms with Gasteiger partial charge in [-0.2, -0.15) is 5.26 Å². The van der Waals surface area contributed by atoms with Crippen LogP contribution in [0.4, 0.5) is 5.00 Å². The minimum Gasteiger partial charge on any atom is -0.295 e. The lowest BCUT2D eigenvalue weighted by Crippen LogP contribution is -2.17. The molecule has 26 heavy (non-hydrogen) atoms. The van der Waals surface area contributed by atoms with Gasteiger partial charge in [0.1, 0.15) is 11.1 Å². The number of fused-ring (bicyclic) bond motifs is 1. The van der Waals surface area contributed by atoms with Gasteiger partial charge in [-0.1, -0.05) is 15.9 Å². The van der Waals surface area contributed by atoms with Gasteiger partial charge in [0, 0.05) is 21.3 Å². The van der Waals surface area contributed by atoms with Crippen molar-refractivity contribution in [2.24, 2.45) is 4.99 Å². The fourth-order valence-electron chi connectivity index (χ4n) is 3.20. The maximum absolute atomic E-state index is 12.8. The fourth-order valence-corrected chi connectivity index (χ4v) is 4.65. The van der Waals surface area contributed by atoms with Crippen LogP contribution < -0.4 is 5.56 Å². The highest BCUT2D eigenvalue weighted by atomic mass is 79.9. The number of aromatic nitrogens is 2. The zero-order valence-electron chi connectivity index (χ0n) is 14.0. The molecule has 0 radical (unpaired) electrons. The summed E-state index contributed by atoms with van der Waals surface area (Å²) in [4.78, 5) is 18.5. The Hall–Kier alpha value is -2.43. The quantitative estimate of drug-likeness (QED) is 0.629. The smallest absolute Gasteiger partial charge is 0.280 e. The lowest BCUT2D eigenvalue weighted by Gasteiger charge is -2.00. The Labute approximate surface area is 162 Å². The number of nitrogens with zero attached hydrogens (tertiary/aromatic N) is 3. The molecule has 0 saturated carbocycles. The van der Waals surface area contributed by atoms with Crippen LogP contribution in [0.2, 0.25) is 0 Å². The second-order valence-electron chi connectivity index (χ2n) is 6.17. The third-order valence-corrected chi connectivity index (χ3v) is 6.26. The standard InChI is InChI=1S/C19H15BrN4OS/c1-11-16(19(25)24(23-11)13-7-5-12(20)6-8-13)10-22-18-15(9-21)14-3-2-4-17(14)26-18/h5-8,10,23H,2-4H2,1H3/b22-10+. The van der Waals surface area contributed by atoms with Crippen LogP contribution in [-0.4, -0.2) is 16.0 Å². The molecule has 5 nitrogen and oxygen atoms in total. The molecule has 3 aromatic rings. The lowest BCUT2D eigenvalue weighted by atomic mass is 10.1. The van der Waals surface area contributed by atoms with Crippen molar-refractivity contribution in [2.45, 2.75) is 26.2 Å². The van der Waals surface area contributed by atoms with Gasteiger partial charge in [0.25, 0.3) is 5.56 Å². The highest BCUT2D eigenvalue weighted by molar-refractivity contribution is 9.10. The van der Waals surface area contributed by atoms with Gasteiger partial charge < -0.3 is 0 Å². The molecule has 0 aliphatic heterocycles. The van der Waals surface area contributed by atoms with Crippen LogP contribution in [0.5, 0.6) is 0 Å². The molecule has 0 saturated heterocycles.